The molecular weight excluding hydrogens is 303 g/mol. The molecule has 1 fully saturated rings. The number of benzene rings is 1. The molecule has 1 aliphatic rings. The SMILES string of the molecule is Fc1ccc(-n2nccc2CN2CCC(c3ccccn3)C2)cc1. The molecule has 1 atom stereocenters. The van der Waals surface area contributed by atoms with E-state index in [1.165, 1.54) is 17.8 Å². The van der Waals surface area contributed by atoms with Crippen molar-refractivity contribution < 1.29 is 4.39 Å². The molecule has 1 aliphatic heterocycles. The van der Waals surface area contributed by atoms with Crippen LogP contribution in [-0.4, -0.2) is 32.8 Å². The van der Waals surface area contributed by atoms with Crippen molar-refractivity contribution in [1.82, 2.24) is 19.7 Å². The van der Waals surface area contributed by atoms with Crippen LogP contribution < -0.4 is 0 Å². The zero-order valence-electron chi connectivity index (χ0n) is 13.3. The Hall–Kier alpha value is -2.53. The van der Waals surface area contributed by atoms with Gasteiger partial charge in [-0.2, -0.15) is 5.10 Å². The van der Waals surface area contributed by atoms with Crippen molar-refractivity contribution in [1.29, 1.82) is 0 Å². The van der Waals surface area contributed by atoms with E-state index in [9.17, 15) is 4.39 Å². The van der Waals surface area contributed by atoms with E-state index in [0.717, 1.165) is 37.4 Å². The van der Waals surface area contributed by atoms with Crippen molar-refractivity contribution in [3.63, 3.8) is 0 Å². The Kier molecular flexibility index (Phi) is 4.09. The molecule has 3 aromatic rings. The molecule has 4 rings (SSSR count). The lowest BCUT2D eigenvalue weighted by molar-refractivity contribution is 0.319. The van der Waals surface area contributed by atoms with Crippen LogP contribution in [0.3, 0.4) is 0 Å². The molecule has 5 heteroatoms. The lowest BCUT2D eigenvalue weighted by Crippen LogP contribution is -2.21. The highest BCUT2D eigenvalue weighted by atomic mass is 19.1. The fourth-order valence-electron chi connectivity index (χ4n) is 3.33. The van der Waals surface area contributed by atoms with Crippen LogP contribution in [0.1, 0.15) is 23.7 Å². The van der Waals surface area contributed by atoms with E-state index in [4.69, 9.17) is 0 Å². The molecule has 0 radical (unpaired) electrons. The lowest BCUT2D eigenvalue weighted by atomic mass is 10.0. The van der Waals surface area contributed by atoms with Crippen LogP contribution in [0, 0.1) is 5.82 Å². The lowest BCUT2D eigenvalue weighted by Gasteiger charge is -2.17. The summed E-state index contributed by atoms with van der Waals surface area (Å²) in [6, 6.07) is 14.6. The van der Waals surface area contributed by atoms with Crippen LogP contribution in [0.25, 0.3) is 5.69 Å². The summed E-state index contributed by atoms with van der Waals surface area (Å²) in [5.74, 6) is 0.263. The number of aromatic nitrogens is 3. The number of hydrogen-bond donors (Lipinski definition) is 0. The average molecular weight is 322 g/mol. The van der Waals surface area contributed by atoms with Gasteiger partial charge in [0.25, 0.3) is 0 Å². The summed E-state index contributed by atoms with van der Waals surface area (Å²) < 4.78 is 15.0. The fraction of sp³-hybridized carbons (Fsp3) is 0.263. The summed E-state index contributed by atoms with van der Waals surface area (Å²) in [6.45, 7) is 2.89. The molecule has 0 N–H and O–H groups in total. The zero-order chi connectivity index (χ0) is 16.4. The van der Waals surface area contributed by atoms with Gasteiger partial charge >= 0.3 is 0 Å². The van der Waals surface area contributed by atoms with Gasteiger partial charge < -0.3 is 0 Å². The molecule has 0 saturated carbocycles. The summed E-state index contributed by atoms with van der Waals surface area (Å²) in [4.78, 5) is 6.91. The monoisotopic (exact) mass is 322 g/mol. The normalized spacial score (nSPS) is 18.1. The smallest absolute Gasteiger partial charge is 0.123 e. The second-order valence-electron chi connectivity index (χ2n) is 6.19. The Bertz CT molecular complexity index is 798. The first-order valence-corrected chi connectivity index (χ1v) is 8.22. The van der Waals surface area contributed by atoms with Gasteiger partial charge in [0.1, 0.15) is 5.82 Å². The molecule has 0 bridgehead atoms. The van der Waals surface area contributed by atoms with Crippen LogP contribution in [0.2, 0.25) is 0 Å². The highest BCUT2D eigenvalue weighted by Crippen LogP contribution is 2.27. The van der Waals surface area contributed by atoms with E-state index in [2.05, 4.69) is 27.1 Å². The molecule has 0 spiro atoms. The third-order valence-corrected chi connectivity index (χ3v) is 4.56. The minimum atomic E-state index is -0.231. The summed E-state index contributed by atoms with van der Waals surface area (Å²) in [5, 5.41) is 4.39. The average Bonchev–Trinajstić information content (AvgIpc) is 3.27. The van der Waals surface area contributed by atoms with Gasteiger partial charge in [-0.15, -0.1) is 0 Å². The van der Waals surface area contributed by atoms with Gasteiger partial charge in [-0.25, -0.2) is 9.07 Å². The first kappa shape index (κ1) is 15.0. The molecule has 3 heterocycles. The van der Waals surface area contributed by atoms with Crippen LogP contribution in [0.4, 0.5) is 4.39 Å². The highest BCUT2D eigenvalue weighted by molar-refractivity contribution is 5.32. The molecule has 122 valence electrons. The summed E-state index contributed by atoms with van der Waals surface area (Å²) in [6.07, 6.45) is 4.79. The first-order chi connectivity index (χ1) is 11.8. The van der Waals surface area contributed by atoms with E-state index in [1.807, 2.05) is 23.0 Å². The summed E-state index contributed by atoms with van der Waals surface area (Å²) >= 11 is 0. The third kappa shape index (κ3) is 3.08. The number of rotatable bonds is 4. The Morgan fingerprint density at radius 3 is 2.71 bits per heavy atom. The topological polar surface area (TPSA) is 34.0 Å². The fourth-order valence-corrected chi connectivity index (χ4v) is 3.33. The first-order valence-electron chi connectivity index (χ1n) is 8.22. The molecule has 0 aliphatic carbocycles. The molecule has 1 aromatic carbocycles. The number of likely N-dealkylation sites (tertiary alicyclic amines) is 1. The third-order valence-electron chi connectivity index (χ3n) is 4.56. The van der Waals surface area contributed by atoms with E-state index >= 15 is 0 Å². The second kappa shape index (κ2) is 6.53. The van der Waals surface area contributed by atoms with Gasteiger partial charge in [0, 0.05) is 37.1 Å². The molecule has 1 saturated heterocycles. The Labute approximate surface area is 140 Å². The van der Waals surface area contributed by atoms with Crippen LogP contribution in [-0.2, 0) is 6.54 Å². The second-order valence-corrected chi connectivity index (χ2v) is 6.19. The summed E-state index contributed by atoms with van der Waals surface area (Å²) in [7, 11) is 0. The Morgan fingerprint density at radius 1 is 1.04 bits per heavy atom. The van der Waals surface area contributed by atoms with E-state index < -0.39 is 0 Å². The van der Waals surface area contributed by atoms with Gasteiger partial charge in [-0.05, 0) is 55.4 Å². The van der Waals surface area contributed by atoms with Crippen molar-refractivity contribution in [2.45, 2.75) is 18.9 Å². The number of halogens is 1. The standard InChI is InChI=1S/C19H19FN4/c20-16-4-6-17(7-5-16)24-18(8-11-22-24)14-23-12-9-15(13-23)19-3-1-2-10-21-19/h1-8,10-11,15H,9,12-14H2. The van der Waals surface area contributed by atoms with E-state index in [-0.39, 0.29) is 5.82 Å². The number of pyridine rings is 1. The van der Waals surface area contributed by atoms with E-state index in [1.54, 1.807) is 18.3 Å². The largest absolute Gasteiger partial charge is 0.297 e. The van der Waals surface area contributed by atoms with Crippen LogP contribution in [0.15, 0.2) is 60.9 Å². The molecular formula is C19H19FN4. The molecule has 1 unspecified atom stereocenters. The minimum absolute atomic E-state index is 0.231. The minimum Gasteiger partial charge on any atom is -0.297 e. The van der Waals surface area contributed by atoms with Crippen molar-refractivity contribution >= 4 is 0 Å². The number of nitrogens with zero attached hydrogens (tertiary/aromatic N) is 4. The van der Waals surface area contributed by atoms with Crippen molar-refractivity contribution in [3.8, 4) is 5.69 Å². The summed E-state index contributed by atoms with van der Waals surface area (Å²) in [5.41, 5.74) is 3.17. The van der Waals surface area contributed by atoms with Gasteiger partial charge in [-0.1, -0.05) is 6.07 Å². The molecule has 24 heavy (non-hydrogen) atoms. The maximum atomic E-state index is 13.1. The van der Waals surface area contributed by atoms with Crippen LogP contribution >= 0.6 is 0 Å². The van der Waals surface area contributed by atoms with Gasteiger partial charge in [-0.3, -0.25) is 9.88 Å². The Balaban J connectivity index is 1.47. The predicted molar refractivity (Wildman–Crippen MR) is 90.4 cm³/mol. The highest BCUT2D eigenvalue weighted by Gasteiger charge is 2.25. The van der Waals surface area contributed by atoms with Gasteiger partial charge in [0.2, 0.25) is 0 Å². The molecule has 2 aromatic heterocycles. The molecule has 0 amide bonds. The maximum Gasteiger partial charge on any atom is 0.123 e. The van der Waals surface area contributed by atoms with Gasteiger partial charge in [0.05, 0.1) is 11.4 Å². The van der Waals surface area contributed by atoms with Crippen molar-refractivity contribution in [3.05, 3.63) is 78.1 Å². The zero-order valence-corrected chi connectivity index (χ0v) is 13.3. The Morgan fingerprint density at radius 2 is 1.92 bits per heavy atom. The predicted octanol–water partition coefficient (Wildman–Crippen LogP) is 3.40. The maximum absolute atomic E-state index is 13.1. The van der Waals surface area contributed by atoms with Gasteiger partial charge in [0.15, 0.2) is 0 Å². The quantitative estimate of drug-likeness (QED) is 0.738. The van der Waals surface area contributed by atoms with E-state index in [0.29, 0.717) is 5.92 Å². The number of hydrogen-bond acceptors (Lipinski definition) is 3. The van der Waals surface area contributed by atoms with Crippen molar-refractivity contribution in [2.75, 3.05) is 13.1 Å². The van der Waals surface area contributed by atoms with Crippen molar-refractivity contribution in [2.24, 2.45) is 0 Å². The van der Waals surface area contributed by atoms with Crippen LogP contribution in [0.5, 0.6) is 0 Å². The molecule has 4 nitrogen and oxygen atoms in total.